The third-order valence-electron chi connectivity index (χ3n) is 4.64. The number of anilines is 1. The molecule has 1 aliphatic heterocycles. The molecule has 1 N–H and O–H groups in total. The van der Waals surface area contributed by atoms with Gasteiger partial charge in [0.1, 0.15) is 0 Å². The van der Waals surface area contributed by atoms with Crippen LogP contribution in [0.4, 0.5) is 5.95 Å². The maximum Gasteiger partial charge on any atom is 0.275 e. The number of benzene rings is 1. The molecule has 1 aliphatic rings. The predicted octanol–water partition coefficient (Wildman–Crippen LogP) is 2.15. The highest BCUT2D eigenvalue weighted by Crippen LogP contribution is 2.18. The summed E-state index contributed by atoms with van der Waals surface area (Å²) >= 11 is 0. The molecule has 3 aromatic rings. The number of piperazine rings is 1. The Bertz CT molecular complexity index is 902. The molecule has 2 aromatic heterocycles. The Hall–Kier alpha value is -2.99. The van der Waals surface area contributed by atoms with E-state index in [9.17, 15) is 4.79 Å². The van der Waals surface area contributed by atoms with Gasteiger partial charge in [-0.1, -0.05) is 30.3 Å². The minimum Gasteiger partial charge on any atom is -0.340 e. The Morgan fingerprint density at radius 1 is 0.962 bits per heavy atom. The summed E-state index contributed by atoms with van der Waals surface area (Å²) < 4.78 is 0. The van der Waals surface area contributed by atoms with Crippen LogP contribution in [0, 0.1) is 0 Å². The van der Waals surface area contributed by atoms with Gasteiger partial charge in [0.05, 0.1) is 5.69 Å². The fourth-order valence-corrected chi connectivity index (χ4v) is 3.24. The molecule has 132 valence electrons. The summed E-state index contributed by atoms with van der Waals surface area (Å²) in [7, 11) is 0. The molecule has 0 unspecified atom stereocenters. The number of aromatic nitrogens is 3. The summed E-state index contributed by atoms with van der Waals surface area (Å²) in [5, 5.41) is 0. The van der Waals surface area contributed by atoms with Gasteiger partial charge in [-0.25, -0.2) is 0 Å². The molecule has 3 heterocycles. The van der Waals surface area contributed by atoms with Gasteiger partial charge >= 0.3 is 0 Å². The van der Waals surface area contributed by atoms with Crippen molar-refractivity contribution in [2.24, 2.45) is 0 Å². The van der Waals surface area contributed by atoms with Crippen molar-refractivity contribution < 1.29 is 0 Å². The van der Waals surface area contributed by atoms with Crippen LogP contribution in [0.1, 0.15) is 5.56 Å². The molecule has 0 spiro atoms. The van der Waals surface area contributed by atoms with E-state index in [0.717, 1.165) is 44.0 Å². The first kappa shape index (κ1) is 16.5. The number of rotatable bonds is 4. The van der Waals surface area contributed by atoms with Crippen molar-refractivity contribution in [1.82, 2.24) is 19.9 Å². The van der Waals surface area contributed by atoms with Crippen molar-refractivity contribution >= 4 is 5.95 Å². The van der Waals surface area contributed by atoms with Crippen LogP contribution in [-0.4, -0.2) is 46.0 Å². The van der Waals surface area contributed by atoms with Crippen molar-refractivity contribution in [2.45, 2.75) is 6.54 Å². The number of aromatic amines is 1. The standard InChI is InChI=1S/C20H21N5O/c26-19-14-18(17-6-8-21-9-7-17)22-20(23-19)25-12-10-24(11-13-25)15-16-4-2-1-3-5-16/h1-9,14H,10-13,15H2,(H,22,23,26). The quantitative estimate of drug-likeness (QED) is 0.783. The molecule has 0 bridgehead atoms. The van der Waals surface area contributed by atoms with Crippen LogP contribution in [0.15, 0.2) is 65.7 Å². The van der Waals surface area contributed by atoms with Crippen LogP contribution in [-0.2, 0) is 6.54 Å². The number of hydrogen-bond acceptors (Lipinski definition) is 5. The van der Waals surface area contributed by atoms with E-state index in [0.29, 0.717) is 5.95 Å². The zero-order valence-corrected chi connectivity index (χ0v) is 14.5. The molecule has 0 radical (unpaired) electrons. The van der Waals surface area contributed by atoms with Gasteiger partial charge in [-0.15, -0.1) is 0 Å². The fourth-order valence-electron chi connectivity index (χ4n) is 3.24. The lowest BCUT2D eigenvalue weighted by Crippen LogP contribution is -2.46. The van der Waals surface area contributed by atoms with Gasteiger partial charge in [-0.05, 0) is 17.7 Å². The molecule has 0 atom stereocenters. The van der Waals surface area contributed by atoms with Crippen LogP contribution in [0.3, 0.4) is 0 Å². The van der Waals surface area contributed by atoms with Crippen molar-refractivity contribution in [3.05, 3.63) is 76.8 Å². The van der Waals surface area contributed by atoms with Crippen molar-refractivity contribution in [2.75, 3.05) is 31.1 Å². The first-order valence-electron chi connectivity index (χ1n) is 8.81. The Kier molecular flexibility index (Phi) is 4.75. The van der Waals surface area contributed by atoms with Crippen LogP contribution in [0.25, 0.3) is 11.3 Å². The Morgan fingerprint density at radius 3 is 2.42 bits per heavy atom. The van der Waals surface area contributed by atoms with Crippen molar-refractivity contribution in [1.29, 1.82) is 0 Å². The minimum absolute atomic E-state index is 0.225. The van der Waals surface area contributed by atoms with E-state index < -0.39 is 0 Å². The molecule has 1 aromatic carbocycles. The third-order valence-corrected chi connectivity index (χ3v) is 4.64. The first-order chi connectivity index (χ1) is 12.8. The van der Waals surface area contributed by atoms with Crippen molar-refractivity contribution in [3.63, 3.8) is 0 Å². The Labute approximate surface area is 152 Å². The molecule has 26 heavy (non-hydrogen) atoms. The van der Waals surface area contributed by atoms with Gasteiger partial charge in [0.15, 0.2) is 0 Å². The highest BCUT2D eigenvalue weighted by Gasteiger charge is 2.19. The number of hydrogen-bond donors (Lipinski definition) is 1. The summed E-state index contributed by atoms with van der Waals surface area (Å²) in [5.74, 6) is 0.642. The average Bonchev–Trinajstić information content (AvgIpc) is 2.70. The second-order valence-corrected chi connectivity index (χ2v) is 6.44. The van der Waals surface area contributed by atoms with Crippen LogP contribution < -0.4 is 10.5 Å². The summed E-state index contributed by atoms with van der Waals surface area (Å²) in [6.07, 6.45) is 3.44. The molecule has 0 saturated carbocycles. The second-order valence-electron chi connectivity index (χ2n) is 6.44. The first-order valence-corrected chi connectivity index (χ1v) is 8.81. The highest BCUT2D eigenvalue weighted by atomic mass is 16.1. The largest absolute Gasteiger partial charge is 0.340 e. The third kappa shape index (κ3) is 3.81. The smallest absolute Gasteiger partial charge is 0.275 e. The normalized spacial score (nSPS) is 15.2. The molecular weight excluding hydrogens is 326 g/mol. The van der Waals surface area contributed by atoms with Gasteiger partial charge in [0, 0.05) is 56.7 Å². The van der Waals surface area contributed by atoms with E-state index in [4.69, 9.17) is 0 Å². The molecule has 1 fully saturated rings. The van der Waals surface area contributed by atoms with E-state index in [1.165, 1.54) is 11.6 Å². The van der Waals surface area contributed by atoms with Crippen LogP contribution in [0.5, 0.6) is 0 Å². The lowest BCUT2D eigenvalue weighted by Gasteiger charge is -2.35. The Balaban J connectivity index is 1.46. The second kappa shape index (κ2) is 7.49. The van der Waals surface area contributed by atoms with E-state index in [-0.39, 0.29) is 5.56 Å². The van der Waals surface area contributed by atoms with E-state index in [2.05, 4.69) is 49.0 Å². The van der Waals surface area contributed by atoms with Crippen molar-refractivity contribution in [3.8, 4) is 11.3 Å². The lowest BCUT2D eigenvalue weighted by molar-refractivity contribution is 0.248. The number of H-pyrrole nitrogens is 1. The average molecular weight is 347 g/mol. The van der Waals surface area contributed by atoms with Gasteiger partial charge in [0.25, 0.3) is 5.56 Å². The topological polar surface area (TPSA) is 65.1 Å². The highest BCUT2D eigenvalue weighted by molar-refractivity contribution is 5.59. The molecule has 6 nitrogen and oxygen atoms in total. The zero-order chi connectivity index (χ0) is 17.8. The monoisotopic (exact) mass is 347 g/mol. The predicted molar refractivity (Wildman–Crippen MR) is 102 cm³/mol. The number of nitrogens with zero attached hydrogens (tertiary/aromatic N) is 4. The van der Waals surface area contributed by atoms with Crippen LogP contribution in [0.2, 0.25) is 0 Å². The SMILES string of the molecule is O=c1cc(-c2ccncc2)[nH]c(N2CCN(Cc3ccccc3)CC2)n1. The van der Waals surface area contributed by atoms with E-state index >= 15 is 0 Å². The molecule has 6 heteroatoms. The van der Waals surface area contributed by atoms with E-state index in [1.54, 1.807) is 12.4 Å². The summed E-state index contributed by atoms with van der Waals surface area (Å²) in [4.78, 5) is 28.1. The van der Waals surface area contributed by atoms with Gasteiger partial charge < -0.3 is 9.88 Å². The maximum atomic E-state index is 12.0. The van der Waals surface area contributed by atoms with Gasteiger partial charge in [-0.3, -0.25) is 14.7 Å². The lowest BCUT2D eigenvalue weighted by atomic mass is 10.2. The molecular formula is C20H21N5O. The fraction of sp³-hybridized carbons (Fsp3) is 0.250. The molecule has 0 aliphatic carbocycles. The van der Waals surface area contributed by atoms with Crippen LogP contribution >= 0.6 is 0 Å². The minimum atomic E-state index is -0.225. The molecule has 0 amide bonds. The molecule has 1 saturated heterocycles. The summed E-state index contributed by atoms with van der Waals surface area (Å²) in [6.45, 7) is 4.52. The van der Waals surface area contributed by atoms with E-state index in [1.807, 2.05) is 18.2 Å². The number of nitrogens with one attached hydrogen (secondary N) is 1. The summed E-state index contributed by atoms with van der Waals surface area (Å²) in [6, 6.07) is 15.8. The zero-order valence-electron chi connectivity index (χ0n) is 14.5. The molecule has 4 rings (SSSR count). The maximum absolute atomic E-state index is 12.0. The number of pyridine rings is 1. The Morgan fingerprint density at radius 2 is 1.69 bits per heavy atom. The van der Waals surface area contributed by atoms with Gasteiger partial charge in [-0.2, -0.15) is 4.98 Å². The van der Waals surface area contributed by atoms with Gasteiger partial charge in [0.2, 0.25) is 5.95 Å². The summed E-state index contributed by atoms with van der Waals surface area (Å²) in [5.41, 5.74) is 2.81.